The molecule has 0 aliphatic rings. The van der Waals surface area contributed by atoms with Crippen molar-refractivity contribution in [2.45, 2.75) is 0 Å². The quantitative estimate of drug-likeness (QED) is 0.370. The highest BCUT2D eigenvalue weighted by Crippen LogP contribution is 2.31. The Labute approximate surface area is 167 Å². The number of halogens is 3. The number of methoxy groups -OCH3 is 2. The van der Waals surface area contributed by atoms with Crippen LogP contribution in [0.3, 0.4) is 0 Å². The molecular weight excluding hydrogens is 432 g/mol. The molecule has 0 spiro atoms. The Balaban J connectivity index is 2.15. The molecule has 4 rings (SSSR count). The number of nitrogens with zero attached hydrogens (tertiary/aromatic N) is 1. The lowest BCUT2D eigenvalue weighted by Gasteiger charge is -2.08. The second kappa shape index (κ2) is 7.24. The van der Waals surface area contributed by atoms with E-state index in [1.54, 1.807) is 50.6 Å². The second-order valence-corrected chi connectivity index (χ2v) is 6.86. The van der Waals surface area contributed by atoms with Gasteiger partial charge in [0.2, 0.25) is 0 Å². The summed E-state index contributed by atoms with van der Waals surface area (Å²) in [4.78, 5) is 4.52. The van der Waals surface area contributed by atoms with Crippen molar-refractivity contribution in [1.82, 2.24) is 0 Å². The minimum absolute atomic E-state index is 0.00170. The number of benzene rings is 3. The van der Waals surface area contributed by atoms with Crippen LogP contribution >= 0.6 is 15.9 Å². The maximum absolute atomic E-state index is 14.4. The smallest absolute Gasteiger partial charge is 0.152 e. The van der Waals surface area contributed by atoms with Gasteiger partial charge in [0.25, 0.3) is 0 Å². The standard InChI is InChI=1S/C21H14BrF2NO3/c1-26-12-3-5-14-18(9-12)28-19-10-13(27-2)4-6-15(19)20(14)25-21-16(22)7-11(23)8-17(21)24/h3-10H,1-2H3. The molecule has 1 heterocycles. The third-order valence-electron chi connectivity index (χ3n) is 4.31. The van der Waals surface area contributed by atoms with E-state index >= 15 is 0 Å². The minimum atomic E-state index is -0.768. The summed E-state index contributed by atoms with van der Waals surface area (Å²) in [7, 11) is 3.11. The maximum Gasteiger partial charge on any atom is 0.152 e. The summed E-state index contributed by atoms with van der Waals surface area (Å²) in [6, 6.07) is 12.5. The van der Waals surface area contributed by atoms with Gasteiger partial charge in [-0.2, -0.15) is 0 Å². The van der Waals surface area contributed by atoms with E-state index in [1.165, 1.54) is 6.07 Å². The highest BCUT2D eigenvalue weighted by atomic mass is 79.9. The van der Waals surface area contributed by atoms with E-state index < -0.39 is 11.6 Å². The number of fused-ring (bicyclic) bond motifs is 2. The van der Waals surface area contributed by atoms with Crippen LogP contribution in [-0.4, -0.2) is 14.2 Å². The van der Waals surface area contributed by atoms with Gasteiger partial charge in [0, 0.05) is 33.4 Å². The maximum atomic E-state index is 14.4. The molecule has 0 saturated heterocycles. The van der Waals surface area contributed by atoms with Gasteiger partial charge in [-0.25, -0.2) is 13.8 Å². The minimum Gasteiger partial charge on any atom is -0.497 e. The summed E-state index contributed by atoms with van der Waals surface area (Å²) in [5.74, 6) is -0.233. The molecule has 0 saturated carbocycles. The summed E-state index contributed by atoms with van der Waals surface area (Å²) >= 11 is 3.19. The molecule has 4 aromatic rings. The van der Waals surface area contributed by atoms with E-state index in [9.17, 15) is 8.78 Å². The monoisotopic (exact) mass is 445 g/mol. The summed E-state index contributed by atoms with van der Waals surface area (Å²) in [6.07, 6.45) is 0. The van der Waals surface area contributed by atoms with Crippen LogP contribution < -0.4 is 14.8 Å². The van der Waals surface area contributed by atoms with Gasteiger partial charge in [-0.15, -0.1) is 0 Å². The molecule has 7 heteroatoms. The number of ether oxygens (including phenoxy) is 2. The van der Waals surface area contributed by atoms with E-state index in [0.717, 1.165) is 6.07 Å². The van der Waals surface area contributed by atoms with Crippen LogP contribution in [0.1, 0.15) is 0 Å². The molecule has 0 bridgehead atoms. The van der Waals surface area contributed by atoms with E-state index in [4.69, 9.17) is 13.9 Å². The van der Waals surface area contributed by atoms with Gasteiger partial charge < -0.3 is 13.9 Å². The van der Waals surface area contributed by atoms with Crippen molar-refractivity contribution in [3.63, 3.8) is 0 Å². The predicted molar refractivity (Wildman–Crippen MR) is 106 cm³/mol. The lowest BCUT2D eigenvalue weighted by Crippen LogP contribution is -2.05. The van der Waals surface area contributed by atoms with Crippen LogP contribution in [0.2, 0.25) is 0 Å². The fourth-order valence-electron chi connectivity index (χ4n) is 2.96. The molecule has 142 valence electrons. The first kappa shape index (κ1) is 18.4. The van der Waals surface area contributed by atoms with Crippen LogP contribution in [0.4, 0.5) is 14.5 Å². The molecule has 3 aromatic carbocycles. The van der Waals surface area contributed by atoms with Gasteiger partial charge in [-0.3, -0.25) is 0 Å². The molecule has 0 unspecified atom stereocenters. The first-order valence-corrected chi connectivity index (χ1v) is 9.07. The first-order valence-electron chi connectivity index (χ1n) is 8.28. The number of rotatable bonds is 3. The van der Waals surface area contributed by atoms with E-state index in [0.29, 0.717) is 38.8 Å². The van der Waals surface area contributed by atoms with Crippen molar-refractivity contribution in [3.05, 3.63) is 70.0 Å². The Morgan fingerprint density at radius 1 is 0.857 bits per heavy atom. The summed E-state index contributed by atoms with van der Waals surface area (Å²) < 4.78 is 44.6. The summed E-state index contributed by atoms with van der Waals surface area (Å²) in [5.41, 5.74) is 1.02. The van der Waals surface area contributed by atoms with Crippen molar-refractivity contribution < 1.29 is 22.7 Å². The molecular formula is C21H14BrF2NO3. The van der Waals surface area contributed by atoms with Gasteiger partial charge in [0.1, 0.15) is 34.2 Å². The molecule has 0 amide bonds. The van der Waals surface area contributed by atoms with Gasteiger partial charge in [-0.05, 0) is 46.3 Å². The van der Waals surface area contributed by atoms with Gasteiger partial charge in [0.15, 0.2) is 5.82 Å². The van der Waals surface area contributed by atoms with Crippen molar-refractivity contribution in [1.29, 1.82) is 0 Å². The Morgan fingerprint density at radius 3 is 1.93 bits per heavy atom. The Hall–Kier alpha value is -2.93. The molecule has 0 N–H and O–H groups in total. The second-order valence-electron chi connectivity index (χ2n) is 6.00. The fourth-order valence-corrected chi connectivity index (χ4v) is 3.45. The summed E-state index contributed by atoms with van der Waals surface area (Å²) in [6.45, 7) is 0. The zero-order valence-corrected chi connectivity index (χ0v) is 16.5. The van der Waals surface area contributed by atoms with E-state index in [-0.39, 0.29) is 10.2 Å². The number of hydrogen-bond acceptors (Lipinski definition) is 4. The molecule has 0 aliphatic heterocycles. The van der Waals surface area contributed by atoms with Crippen molar-refractivity contribution >= 4 is 43.6 Å². The Bertz CT molecular complexity index is 1200. The molecule has 0 radical (unpaired) electrons. The summed E-state index contributed by atoms with van der Waals surface area (Å²) in [5, 5.41) is 1.82. The Kier molecular flexibility index (Phi) is 4.77. The van der Waals surface area contributed by atoms with Crippen LogP contribution in [0.15, 0.2) is 62.4 Å². The lowest BCUT2D eigenvalue weighted by molar-refractivity contribution is 0.413. The van der Waals surface area contributed by atoms with E-state index in [2.05, 4.69) is 20.9 Å². The normalized spacial score (nSPS) is 11.0. The van der Waals surface area contributed by atoms with Crippen molar-refractivity contribution in [2.75, 3.05) is 14.2 Å². The SMILES string of the molecule is COc1ccc2c(=Nc3c(F)cc(F)cc3Br)c3ccc(OC)cc3oc2c1. The van der Waals surface area contributed by atoms with Gasteiger partial charge >= 0.3 is 0 Å². The van der Waals surface area contributed by atoms with Gasteiger partial charge in [-0.1, -0.05) is 0 Å². The van der Waals surface area contributed by atoms with E-state index in [1.807, 2.05) is 0 Å². The third kappa shape index (κ3) is 3.22. The zero-order chi connectivity index (χ0) is 19.8. The average molecular weight is 446 g/mol. The average Bonchev–Trinajstić information content (AvgIpc) is 2.68. The van der Waals surface area contributed by atoms with Crippen LogP contribution in [-0.2, 0) is 0 Å². The molecule has 0 fully saturated rings. The third-order valence-corrected chi connectivity index (χ3v) is 4.92. The first-order chi connectivity index (χ1) is 13.5. The molecule has 28 heavy (non-hydrogen) atoms. The molecule has 0 aliphatic carbocycles. The lowest BCUT2D eigenvalue weighted by atomic mass is 10.1. The highest BCUT2D eigenvalue weighted by Gasteiger charge is 2.12. The van der Waals surface area contributed by atoms with Crippen LogP contribution in [0.25, 0.3) is 21.9 Å². The fraction of sp³-hybridized carbons (Fsp3) is 0.0952. The predicted octanol–water partition coefficient (Wildman–Crippen LogP) is 5.88. The highest BCUT2D eigenvalue weighted by molar-refractivity contribution is 9.10. The largest absolute Gasteiger partial charge is 0.497 e. The van der Waals surface area contributed by atoms with Crippen LogP contribution in [0, 0.1) is 11.6 Å². The van der Waals surface area contributed by atoms with Crippen molar-refractivity contribution in [2.24, 2.45) is 4.99 Å². The zero-order valence-electron chi connectivity index (χ0n) is 14.9. The van der Waals surface area contributed by atoms with Crippen LogP contribution in [0.5, 0.6) is 11.5 Å². The topological polar surface area (TPSA) is 44.0 Å². The number of hydrogen-bond donors (Lipinski definition) is 0. The molecule has 1 aromatic heterocycles. The Morgan fingerprint density at radius 2 is 1.43 bits per heavy atom. The van der Waals surface area contributed by atoms with Gasteiger partial charge in [0.05, 0.1) is 19.6 Å². The van der Waals surface area contributed by atoms with Crippen molar-refractivity contribution in [3.8, 4) is 11.5 Å². The molecule has 0 atom stereocenters. The molecule has 4 nitrogen and oxygen atoms in total.